The fourth-order valence-corrected chi connectivity index (χ4v) is 2.13. The van der Waals surface area contributed by atoms with Crippen LogP contribution in [0, 0.1) is 5.92 Å². The van der Waals surface area contributed by atoms with Crippen LogP contribution in [0.15, 0.2) is 5.10 Å². The number of hydrogen-bond acceptors (Lipinski definition) is 3. The first-order valence-electron chi connectivity index (χ1n) is 6.01. The van der Waals surface area contributed by atoms with Gasteiger partial charge in [0.05, 0.1) is 5.69 Å². The van der Waals surface area contributed by atoms with Gasteiger partial charge in [-0.25, -0.2) is 5.43 Å². The third-order valence-electron chi connectivity index (χ3n) is 2.68. The quantitative estimate of drug-likeness (QED) is 0.502. The van der Waals surface area contributed by atoms with E-state index < -0.39 is 5.91 Å². The fourth-order valence-electron chi connectivity index (χ4n) is 1.52. The summed E-state index contributed by atoms with van der Waals surface area (Å²) < 4.78 is 0. The highest BCUT2D eigenvalue weighted by atomic mass is 35.5. The molecule has 110 valence electrons. The Hall–Kier alpha value is -1.04. The molecule has 0 fully saturated rings. The summed E-state index contributed by atoms with van der Waals surface area (Å²) in [5.41, 5.74) is 9.02. The van der Waals surface area contributed by atoms with Crippen molar-refractivity contribution >= 4 is 52.1 Å². The Balaban J connectivity index is 3.05. The summed E-state index contributed by atoms with van der Waals surface area (Å²) in [5, 5.41) is 4.19. The Morgan fingerprint density at radius 1 is 1.35 bits per heavy atom. The molecule has 1 amide bonds. The molecule has 20 heavy (non-hydrogen) atoms. The molecule has 0 atom stereocenters. The van der Waals surface area contributed by atoms with E-state index in [9.17, 15) is 4.79 Å². The average Bonchev–Trinajstić information content (AvgIpc) is 2.40. The fraction of sp³-hybridized carbons (Fsp3) is 0.417. The number of rotatable bonds is 4. The summed E-state index contributed by atoms with van der Waals surface area (Å²) >= 11 is 17.6. The highest BCUT2D eigenvalue weighted by Crippen LogP contribution is 2.31. The first-order valence-corrected chi connectivity index (χ1v) is 7.14. The van der Waals surface area contributed by atoms with Crippen molar-refractivity contribution in [2.24, 2.45) is 11.0 Å². The molecule has 0 aliphatic rings. The molecule has 0 radical (unpaired) electrons. The van der Waals surface area contributed by atoms with Gasteiger partial charge in [-0.1, -0.05) is 44.0 Å². The van der Waals surface area contributed by atoms with E-state index >= 15 is 0 Å². The lowest BCUT2D eigenvalue weighted by molar-refractivity contribution is -0.379. The first kappa shape index (κ1) is 17.0. The number of nitrogens with one attached hydrogen (secondary N) is 2. The summed E-state index contributed by atoms with van der Waals surface area (Å²) in [5.74, 6) is -0.300. The number of hydrogen-bond donors (Lipinski definition) is 2. The zero-order valence-corrected chi connectivity index (χ0v) is 13.6. The van der Waals surface area contributed by atoms with E-state index in [1.165, 1.54) is 0 Å². The van der Waals surface area contributed by atoms with Crippen molar-refractivity contribution in [2.75, 3.05) is 5.73 Å². The zero-order chi connectivity index (χ0) is 15.4. The van der Waals surface area contributed by atoms with Gasteiger partial charge in [0.1, 0.15) is 10.0 Å². The summed E-state index contributed by atoms with van der Waals surface area (Å²) in [6, 6.07) is 0. The highest BCUT2D eigenvalue weighted by molar-refractivity contribution is 6.45. The van der Waals surface area contributed by atoms with Gasteiger partial charge in [-0.3, -0.25) is 4.79 Å². The molecule has 1 aromatic heterocycles. The highest BCUT2D eigenvalue weighted by Gasteiger charge is 2.26. The van der Waals surface area contributed by atoms with Gasteiger partial charge in [-0.15, -0.1) is 0 Å². The molecule has 1 aromatic rings. The lowest BCUT2D eigenvalue weighted by Gasteiger charge is -2.07. The van der Waals surface area contributed by atoms with E-state index in [-0.39, 0.29) is 32.5 Å². The molecule has 0 bridgehead atoms. The minimum Gasteiger partial charge on any atom is -0.396 e. The number of pyridine rings is 1. The van der Waals surface area contributed by atoms with E-state index in [0.717, 1.165) is 12.1 Å². The molecule has 1 heterocycles. The molecule has 4 N–H and O–H groups in total. The monoisotopic (exact) mass is 337 g/mol. The van der Waals surface area contributed by atoms with Crippen LogP contribution in [0.2, 0.25) is 15.2 Å². The second-order valence-electron chi connectivity index (χ2n) is 4.41. The van der Waals surface area contributed by atoms with Gasteiger partial charge < -0.3 is 5.73 Å². The average molecular weight is 339 g/mol. The normalized spacial score (nSPS) is 11.8. The number of H-pyrrole nitrogens is 1. The van der Waals surface area contributed by atoms with Gasteiger partial charge in [0.15, 0.2) is 0 Å². The van der Waals surface area contributed by atoms with Crippen LogP contribution in [0.4, 0.5) is 5.69 Å². The molecular formula is C12H16Cl3N4O+. The van der Waals surface area contributed by atoms with Gasteiger partial charge in [0.2, 0.25) is 0 Å². The number of carbonyl (C=O) groups excluding carboxylic acids is 1. The number of aromatic nitrogens is 1. The summed E-state index contributed by atoms with van der Waals surface area (Å²) in [6.07, 6.45) is 0.735. The SMILES string of the molecule is CC/C(=N\NC(=O)c1[nH+]c(Cl)c(Cl)c(N)c1Cl)C(C)C. The maximum absolute atomic E-state index is 12.0. The second kappa shape index (κ2) is 7.11. The van der Waals surface area contributed by atoms with Crippen molar-refractivity contribution in [2.45, 2.75) is 27.2 Å². The maximum atomic E-state index is 12.0. The Morgan fingerprint density at radius 2 is 1.95 bits per heavy atom. The van der Waals surface area contributed by atoms with Crippen molar-refractivity contribution in [1.29, 1.82) is 0 Å². The van der Waals surface area contributed by atoms with Gasteiger partial charge in [0.25, 0.3) is 10.8 Å². The number of aromatic amines is 1. The van der Waals surface area contributed by atoms with Crippen molar-refractivity contribution in [3.8, 4) is 0 Å². The first-order chi connectivity index (χ1) is 9.29. The van der Waals surface area contributed by atoms with E-state index in [4.69, 9.17) is 40.5 Å². The number of carbonyl (C=O) groups is 1. The Labute approximate surface area is 132 Å². The lowest BCUT2D eigenvalue weighted by atomic mass is 10.1. The third kappa shape index (κ3) is 3.75. The Kier molecular flexibility index (Phi) is 6.05. The molecule has 0 saturated carbocycles. The smallest absolute Gasteiger partial charge is 0.337 e. The molecule has 0 unspecified atom stereocenters. The summed E-state index contributed by atoms with van der Waals surface area (Å²) in [6.45, 7) is 5.94. The molecule has 1 rings (SSSR count). The molecule has 0 aromatic carbocycles. The van der Waals surface area contributed by atoms with Crippen LogP contribution in [0.5, 0.6) is 0 Å². The lowest BCUT2D eigenvalue weighted by Crippen LogP contribution is -2.29. The number of halogens is 3. The van der Waals surface area contributed by atoms with Gasteiger partial charge in [0, 0.05) is 5.71 Å². The minimum absolute atomic E-state index is 0.00898. The number of nitrogens with two attached hydrogens (primary N) is 1. The van der Waals surface area contributed by atoms with Crippen LogP contribution in [-0.4, -0.2) is 11.6 Å². The van der Waals surface area contributed by atoms with Gasteiger partial charge in [-0.05, 0) is 23.9 Å². The van der Waals surface area contributed by atoms with Gasteiger partial charge >= 0.3 is 5.91 Å². The third-order valence-corrected chi connectivity index (χ3v) is 3.84. The van der Waals surface area contributed by atoms with E-state index in [0.29, 0.717) is 0 Å². The van der Waals surface area contributed by atoms with E-state index in [1.807, 2.05) is 20.8 Å². The Morgan fingerprint density at radius 3 is 2.45 bits per heavy atom. The van der Waals surface area contributed by atoms with Crippen LogP contribution in [0.1, 0.15) is 37.7 Å². The number of amides is 1. The number of hydrazone groups is 1. The van der Waals surface area contributed by atoms with Crippen molar-refractivity contribution in [3.05, 3.63) is 20.9 Å². The predicted molar refractivity (Wildman–Crippen MR) is 82.5 cm³/mol. The predicted octanol–water partition coefficient (Wildman–Crippen LogP) is 3.19. The minimum atomic E-state index is -0.535. The van der Waals surface area contributed by atoms with Gasteiger partial charge in [-0.2, -0.15) is 10.1 Å². The van der Waals surface area contributed by atoms with E-state index in [2.05, 4.69) is 15.5 Å². The summed E-state index contributed by atoms with van der Waals surface area (Å²) in [4.78, 5) is 14.6. The largest absolute Gasteiger partial charge is 0.396 e. The van der Waals surface area contributed by atoms with Crippen molar-refractivity contribution in [3.63, 3.8) is 0 Å². The van der Waals surface area contributed by atoms with Crippen molar-refractivity contribution < 1.29 is 9.78 Å². The zero-order valence-electron chi connectivity index (χ0n) is 11.4. The van der Waals surface area contributed by atoms with Crippen LogP contribution >= 0.6 is 34.8 Å². The molecule has 8 heteroatoms. The number of nitrogens with zero attached hydrogens (tertiary/aromatic N) is 1. The molecule has 0 aliphatic heterocycles. The second-order valence-corrected chi connectivity index (χ2v) is 5.54. The van der Waals surface area contributed by atoms with Crippen LogP contribution < -0.4 is 16.1 Å². The molecule has 0 saturated heterocycles. The molecular weight excluding hydrogens is 323 g/mol. The molecule has 0 spiro atoms. The summed E-state index contributed by atoms with van der Waals surface area (Å²) in [7, 11) is 0. The molecule has 0 aliphatic carbocycles. The Bertz CT molecular complexity index is 558. The number of nitrogen functional groups attached to an aromatic ring is 1. The maximum Gasteiger partial charge on any atom is 0.337 e. The standard InChI is InChI=1S/C12H15Cl3N4O/c1-4-6(5(2)3)18-19-12(20)10-7(13)9(16)8(14)11(15)17-10/h5H,4H2,1-3H3,(H2,16,17)(H,19,20)/p+1/b18-6+. The van der Waals surface area contributed by atoms with Crippen molar-refractivity contribution in [1.82, 2.24) is 5.43 Å². The van der Waals surface area contributed by atoms with Crippen LogP contribution in [0.25, 0.3) is 0 Å². The van der Waals surface area contributed by atoms with E-state index in [1.54, 1.807) is 0 Å². The van der Waals surface area contributed by atoms with Crippen LogP contribution in [0.3, 0.4) is 0 Å². The number of anilines is 1. The molecule has 5 nitrogen and oxygen atoms in total. The van der Waals surface area contributed by atoms with Crippen LogP contribution in [-0.2, 0) is 0 Å². The topological polar surface area (TPSA) is 81.6 Å².